The number of benzene rings is 11. The molecule has 2 unspecified atom stereocenters. The van der Waals surface area contributed by atoms with Crippen molar-refractivity contribution in [2.75, 3.05) is 9.80 Å². The normalized spacial score (nSPS) is 12.6. The zero-order valence-electron chi connectivity index (χ0n) is 40.1. The summed E-state index contributed by atoms with van der Waals surface area (Å²) in [7, 11) is 0. The van der Waals surface area contributed by atoms with E-state index in [4.69, 9.17) is 0 Å². The minimum Gasteiger partial charge on any atom is -0.311 e. The molecule has 68 heavy (non-hydrogen) atoms. The van der Waals surface area contributed by atoms with Crippen LogP contribution < -0.4 is 9.80 Å². The Balaban J connectivity index is 0.963. The van der Waals surface area contributed by atoms with Gasteiger partial charge in [-0.1, -0.05) is 172 Å². The molecule has 0 spiro atoms. The fourth-order valence-electron chi connectivity index (χ4n) is 10.5. The third-order valence-electron chi connectivity index (χ3n) is 14.8. The molecule has 332 valence electrons. The Morgan fingerprint density at radius 1 is 0.309 bits per heavy atom. The smallest absolute Gasteiger partial charge is 0.0462 e. The van der Waals surface area contributed by atoms with Crippen LogP contribution in [0.25, 0.3) is 65.3 Å². The van der Waals surface area contributed by atoms with E-state index in [1.54, 1.807) is 0 Å². The van der Waals surface area contributed by atoms with E-state index in [0.717, 1.165) is 47.0 Å². The number of aryl methyl sites for hydroxylation is 2. The average Bonchev–Trinajstić information content (AvgIpc) is 3.39. The molecule has 2 nitrogen and oxygen atoms in total. The van der Waals surface area contributed by atoms with E-state index in [0.29, 0.717) is 11.8 Å². The number of hydrogen-bond donors (Lipinski definition) is 0. The fourth-order valence-corrected chi connectivity index (χ4v) is 10.5. The lowest BCUT2D eigenvalue weighted by Gasteiger charge is -2.26. The second-order valence-electron chi connectivity index (χ2n) is 19.0. The highest BCUT2D eigenvalue weighted by atomic mass is 15.1. The van der Waals surface area contributed by atoms with Gasteiger partial charge in [0.1, 0.15) is 0 Å². The summed E-state index contributed by atoms with van der Waals surface area (Å²) >= 11 is 0. The highest BCUT2D eigenvalue weighted by molar-refractivity contribution is 6.35. The van der Waals surface area contributed by atoms with Crippen LogP contribution in [-0.4, -0.2) is 0 Å². The maximum Gasteiger partial charge on any atom is 0.0462 e. The van der Waals surface area contributed by atoms with Gasteiger partial charge in [-0.15, -0.1) is 0 Å². The van der Waals surface area contributed by atoms with Gasteiger partial charge in [0.2, 0.25) is 0 Å². The molecule has 0 aliphatic heterocycles. The van der Waals surface area contributed by atoms with Gasteiger partial charge in [-0.05, 0) is 188 Å². The molecule has 0 saturated carbocycles. The third kappa shape index (κ3) is 7.64. The van der Waals surface area contributed by atoms with Crippen LogP contribution in [0.1, 0.15) is 74.6 Å². The topological polar surface area (TPSA) is 6.48 Å². The molecule has 2 heteroatoms. The van der Waals surface area contributed by atoms with Gasteiger partial charge in [0.25, 0.3) is 0 Å². The highest BCUT2D eigenvalue weighted by Crippen LogP contribution is 2.46. The maximum atomic E-state index is 2.37. The zero-order chi connectivity index (χ0) is 46.5. The summed E-state index contributed by atoms with van der Waals surface area (Å²) < 4.78 is 0. The van der Waals surface area contributed by atoms with Crippen LogP contribution in [0, 0.1) is 13.8 Å². The molecule has 0 aliphatic carbocycles. The first-order chi connectivity index (χ1) is 33.3. The van der Waals surface area contributed by atoms with E-state index in [-0.39, 0.29) is 0 Å². The third-order valence-corrected chi connectivity index (χ3v) is 14.8. The van der Waals surface area contributed by atoms with Gasteiger partial charge >= 0.3 is 0 Å². The van der Waals surface area contributed by atoms with Crippen LogP contribution in [0.15, 0.2) is 206 Å². The van der Waals surface area contributed by atoms with Crippen molar-refractivity contribution < 1.29 is 0 Å². The molecular weight excluding hydrogens is 821 g/mol. The van der Waals surface area contributed by atoms with Crippen molar-refractivity contribution in [2.45, 2.75) is 66.2 Å². The first kappa shape index (κ1) is 42.9. The molecule has 0 fully saturated rings. The molecule has 0 amide bonds. The van der Waals surface area contributed by atoms with E-state index in [9.17, 15) is 0 Å². The van der Waals surface area contributed by atoms with Crippen LogP contribution in [0.5, 0.6) is 0 Å². The molecular formula is C66H58N2. The molecule has 2 atom stereocenters. The lowest BCUT2D eigenvalue weighted by molar-refractivity contribution is 0.733. The zero-order valence-corrected chi connectivity index (χ0v) is 40.1. The second kappa shape index (κ2) is 17.8. The number of hydrogen-bond acceptors (Lipinski definition) is 2. The van der Waals surface area contributed by atoms with Crippen molar-refractivity contribution in [3.8, 4) is 22.3 Å². The number of rotatable bonds is 12. The minimum absolute atomic E-state index is 0.534. The maximum absolute atomic E-state index is 2.37. The predicted molar refractivity (Wildman–Crippen MR) is 295 cm³/mol. The predicted octanol–water partition coefficient (Wildman–Crippen LogP) is 19.7. The summed E-state index contributed by atoms with van der Waals surface area (Å²) in [5.41, 5.74) is 17.1. The minimum atomic E-state index is 0.534. The molecule has 0 bridgehead atoms. The quantitative estimate of drug-likeness (QED) is 0.0891. The summed E-state index contributed by atoms with van der Waals surface area (Å²) in [6, 6.07) is 77.4. The Bertz CT molecular complexity index is 3270. The largest absolute Gasteiger partial charge is 0.311 e. The molecule has 0 N–H and O–H groups in total. The summed E-state index contributed by atoms with van der Waals surface area (Å²) in [5.74, 6) is 1.07. The molecule has 11 rings (SSSR count). The monoisotopic (exact) mass is 878 g/mol. The number of nitrogens with zero attached hydrogens (tertiary/aromatic N) is 2. The standard InChI is InChI=1S/C66H58N2/c1-7-45(5)47-19-31-53(32-20-47)67(51-27-15-43(3)16-28-51)55-35-23-49(24-36-55)57-39-41-63-62-14-10-12-60-58(40-42-64(66(60)62)61-13-9-11-59(57)65(61)63)50-25-37-56(38-26-50)68(52-29-17-44(4)18-30-52)54-33-21-48(22-34-54)46(6)8-2/h9-42,45-46H,7-8H2,1-6H3. The lowest BCUT2D eigenvalue weighted by Crippen LogP contribution is -2.10. The van der Waals surface area contributed by atoms with E-state index >= 15 is 0 Å². The summed E-state index contributed by atoms with van der Waals surface area (Å²) in [5, 5.41) is 10.4. The molecule has 0 aliphatic rings. The van der Waals surface area contributed by atoms with Crippen LogP contribution in [0.4, 0.5) is 34.1 Å². The Hall–Kier alpha value is -7.68. The van der Waals surface area contributed by atoms with Crippen LogP contribution in [0.3, 0.4) is 0 Å². The van der Waals surface area contributed by atoms with Crippen molar-refractivity contribution >= 4 is 77.2 Å². The summed E-state index contributed by atoms with van der Waals surface area (Å²) in [4.78, 5) is 4.74. The lowest BCUT2D eigenvalue weighted by atomic mass is 9.85. The van der Waals surface area contributed by atoms with Gasteiger partial charge in [-0.2, -0.15) is 0 Å². The first-order valence-corrected chi connectivity index (χ1v) is 24.5. The molecule has 0 saturated heterocycles. The Morgan fingerprint density at radius 2 is 0.588 bits per heavy atom. The van der Waals surface area contributed by atoms with E-state index < -0.39 is 0 Å². The Morgan fingerprint density at radius 3 is 0.912 bits per heavy atom. The van der Waals surface area contributed by atoms with Crippen molar-refractivity contribution in [1.82, 2.24) is 0 Å². The van der Waals surface area contributed by atoms with Crippen molar-refractivity contribution in [3.05, 3.63) is 229 Å². The molecule has 11 aromatic carbocycles. The molecule has 0 heterocycles. The van der Waals surface area contributed by atoms with E-state index in [1.165, 1.54) is 87.6 Å². The van der Waals surface area contributed by atoms with Crippen LogP contribution in [0.2, 0.25) is 0 Å². The van der Waals surface area contributed by atoms with Gasteiger partial charge in [0, 0.05) is 34.1 Å². The second-order valence-corrected chi connectivity index (χ2v) is 19.0. The summed E-state index contributed by atoms with van der Waals surface area (Å²) in [6.45, 7) is 13.4. The Kier molecular flexibility index (Phi) is 11.3. The number of fused-ring (bicyclic) bond motifs is 2. The van der Waals surface area contributed by atoms with E-state index in [1.807, 2.05) is 0 Å². The van der Waals surface area contributed by atoms with Gasteiger partial charge in [-0.25, -0.2) is 0 Å². The van der Waals surface area contributed by atoms with Gasteiger partial charge in [0.15, 0.2) is 0 Å². The van der Waals surface area contributed by atoms with Crippen LogP contribution >= 0.6 is 0 Å². The molecule has 11 aromatic rings. The number of anilines is 6. The first-order valence-electron chi connectivity index (χ1n) is 24.5. The Labute approximate surface area is 402 Å². The molecule has 0 radical (unpaired) electrons. The van der Waals surface area contributed by atoms with Crippen molar-refractivity contribution in [1.29, 1.82) is 0 Å². The van der Waals surface area contributed by atoms with Crippen LogP contribution in [-0.2, 0) is 0 Å². The fraction of sp³-hybridized carbons (Fsp3) is 0.152. The summed E-state index contributed by atoms with van der Waals surface area (Å²) in [6.07, 6.45) is 2.26. The van der Waals surface area contributed by atoms with E-state index in [2.05, 4.69) is 258 Å². The molecule has 0 aromatic heterocycles. The highest BCUT2D eigenvalue weighted by Gasteiger charge is 2.20. The van der Waals surface area contributed by atoms with Crippen molar-refractivity contribution in [2.24, 2.45) is 0 Å². The van der Waals surface area contributed by atoms with Gasteiger partial charge in [0.05, 0.1) is 0 Å². The van der Waals surface area contributed by atoms with Crippen molar-refractivity contribution in [3.63, 3.8) is 0 Å². The van der Waals surface area contributed by atoms with Gasteiger partial charge < -0.3 is 9.80 Å². The SMILES string of the molecule is CCC(C)c1ccc(N(c2ccc(C)cc2)c2ccc(-c3ccc4c5cccc6c(-c7ccc(N(c8ccc(C)cc8)c8ccc(C(C)CC)cc8)cc7)ccc(c7cccc3c74)c65)cc2)cc1. The van der Waals surface area contributed by atoms with Gasteiger partial charge in [-0.3, -0.25) is 0 Å². The average molecular weight is 879 g/mol.